The van der Waals surface area contributed by atoms with Crippen LogP contribution in [-0.4, -0.2) is 5.91 Å². The van der Waals surface area contributed by atoms with Crippen LogP contribution >= 0.6 is 50.7 Å². The van der Waals surface area contributed by atoms with Crippen LogP contribution in [0.1, 0.15) is 10.4 Å². The zero-order chi connectivity index (χ0) is 14.9. The molecule has 0 radical (unpaired) electrons. The number of rotatable bonds is 2. The van der Waals surface area contributed by atoms with Crippen molar-refractivity contribution in [2.45, 2.75) is 0 Å². The number of amides is 1. The van der Waals surface area contributed by atoms with E-state index in [9.17, 15) is 9.18 Å². The van der Waals surface area contributed by atoms with Gasteiger partial charge in [-0.15, -0.1) is 0 Å². The highest BCUT2D eigenvalue weighted by atomic mass is 79.9. The molecule has 104 valence electrons. The molecule has 1 amide bonds. The number of carbonyl (C=O) groups excluding carboxylic acids is 1. The third-order valence-electron chi connectivity index (χ3n) is 2.42. The molecule has 2 nitrogen and oxygen atoms in total. The summed E-state index contributed by atoms with van der Waals surface area (Å²) in [5.41, 5.74) is 0.507. The van der Waals surface area contributed by atoms with E-state index in [0.29, 0.717) is 9.50 Å². The van der Waals surface area contributed by atoms with Crippen molar-refractivity contribution < 1.29 is 9.18 Å². The van der Waals surface area contributed by atoms with Gasteiger partial charge in [-0.2, -0.15) is 0 Å². The Morgan fingerprint density at radius 1 is 1.10 bits per heavy atom. The summed E-state index contributed by atoms with van der Waals surface area (Å²) in [6.07, 6.45) is 0. The van der Waals surface area contributed by atoms with Crippen LogP contribution < -0.4 is 5.32 Å². The normalized spacial score (nSPS) is 10.4. The van der Waals surface area contributed by atoms with Gasteiger partial charge >= 0.3 is 0 Å². The molecule has 0 saturated heterocycles. The molecule has 0 bridgehead atoms. The predicted octanol–water partition coefficient (Wildman–Crippen LogP) is 5.80. The van der Waals surface area contributed by atoms with E-state index in [2.05, 4.69) is 21.2 Å². The fourth-order valence-corrected chi connectivity index (χ4v) is 2.96. The minimum absolute atomic E-state index is 0.217. The summed E-state index contributed by atoms with van der Waals surface area (Å²) in [4.78, 5) is 12.1. The minimum Gasteiger partial charge on any atom is -0.319 e. The van der Waals surface area contributed by atoms with Crippen molar-refractivity contribution >= 4 is 62.3 Å². The summed E-state index contributed by atoms with van der Waals surface area (Å²) in [5, 5.41) is 3.36. The Hall–Kier alpha value is -0.810. The molecule has 0 aliphatic heterocycles. The first kappa shape index (κ1) is 15.6. The van der Waals surface area contributed by atoms with Gasteiger partial charge in [-0.1, -0.05) is 34.8 Å². The first-order valence-corrected chi connectivity index (χ1v) is 7.22. The fourth-order valence-electron chi connectivity index (χ4n) is 1.52. The van der Waals surface area contributed by atoms with E-state index < -0.39 is 11.7 Å². The predicted molar refractivity (Wildman–Crippen MR) is 83.5 cm³/mol. The fraction of sp³-hybridized carbons (Fsp3) is 0. The number of carbonyl (C=O) groups is 1. The van der Waals surface area contributed by atoms with E-state index in [0.717, 1.165) is 0 Å². The molecule has 2 aromatic rings. The minimum atomic E-state index is -0.469. The maximum absolute atomic E-state index is 13.0. The largest absolute Gasteiger partial charge is 0.319 e. The molecule has 0 heterocycles. The molecule has 0 unspecified atom stereocenters. The van der Waals surface area contributed by atoms with Gasteiger partial charge in [0.05, 0.1) is 21.3 Å². The summed E-state index contributed by atoms with van der Waals surface area (Å²) in [7, 11) is 0. The maximum atomic E-state index is 13.0. The Kier molecular flexibility index (Phi) is 4.91. The molecule has 0 fully saturated rings. The zero-order valence-corrected chi connectivity index (χ0v) is 13.5. The molecule has 2 rings (SSSR count). The lowest BCUT2D eigenvalue weighted by molar-refractivity contribution is 0.102. The SMILES string of the molecule is O=C(Nc1c(Cl)cc(Cl)cc1Cl)c1ccc(F)cc1Br. The molecule has 2 aromatic carbocycles. The van der Waals surface area contributed by atoms with E-state index in [1.807, 2.05) is 0 Å². The van der Waals surface area contributed by atoms with Crippen molar-refractivity contribution in [1.29, 1.82) is 0 Å². The topological polar surface area (TPSA) is 29.1 Å². The number of benzene rings is 2. The van der Waals surface area contributed by atoms with Gasteiger partial charge in [0.15, 0.2) is 0 Å². The van der Waals surface area contributed by atoms with Crippen molar-refractivity contribution in [3.63, 3.8) is 0 Å². The lowest BCUT2D eigenvalue weighted by Gasteiger charge is -2.10. The second-order valence-corrected chi connectivity index (χ2v) is 5.93. The lowest BCUT2D eigenvalue weighted by Crippen LogP contribution is -2.13. The van der Waals surface area contributed by atoms with Crippen LogP contribution in [0.2, 0.25) is 15.1 Å². The zero-order valence-electron chi connectivity index (χ0n) is 9.68. The molecular formula is C13H6BrCl3FNO. The van der Waals surface area contributed by atoms with Crippen LogP contribution in [0.4, 0.5) is 10.1 Å². The van der Waals surface area contributed by atoms with Crippen molar-refractivity contribution in [3.05, 3.63) is 61.3 Å². The van der Waals surface area contributed by atoms with Gasteiger partial charge in [0, 0.05) is 9.50 Å². The third-order valence-corrected chi connectivity index (χ3v) is 3.89. The highest BCUT2D eigenvalue weighted by molar-refractivity contribution is 9.10. The monoisotopic (exact) mass is 395 g/mol. The number of hydrogen-bond donors (Lipinski definition) is 1. The highest BCUT2D eigenvalue weighted by Crippen LogP contribution is 2.34. The van der Waals surface area contributed by atoms with Crippen molar-refractivity contribution in [2.24, 2.45) is 0 Å². The summed E-state index contributed by atoms with van der Waals surface area (Å²) < 4.78 is 13.3. The Labute approximate surface area is 138 Å². The van der Waals surface area contributed by atoms with Crippen LogP contribution in [0.15, 0.2) is 34.8 Å². The van der Waals surface area contributed by atoms with Crippen molar-refractivity contribution in [1.82, 2.24) is 0 Å². The summed E-state index contributed by atoms with van der Waals surface area (Å²) >= 11 is 20.9. The Balaban J connectivity index is 2.33. The van der Waals surface area contributed by atoms with E-state index in [-0.39, 0.29) is 21.3 Å². The van der Waals surface area contributed by atoms with Crippen LogP contribution in [0.25, 0.3) is 0 Å². The Bertz CT molecular complexity index is 670. The van der Waals surface area contributed by atoms with Gasteiger partial charge in [0.25, 0.3) is 5.91 Å². The quantitative estimate of drug-likeness (QED) is 0.682. The van der Waals surface area contributed by atoms with Crippen molar-refractivity contribution in [2.75, 3.05) is 5.32 Å². The first-order valence-electron chi connectivity index (χ1n) is 5.29. The number of anilines is 1. The number of halogens is 5. The average Bonchev–Trinajstić information content (AvgIpc) is 2.33. The average molecular weight is 397 g/mol. The van der Waals surface area contributed by atoms with Gasteiger partial charge in [-0.05, 0) is 46.3 Å². The number of nitrogens with one attached hydrogen (secondary N) is 1. The molecule has 7 heteroatoms. The Morgan fingerprint density at radius 2 is 1.70 bits per heavy atom. The first-order chi connectivity index (χ1) is 9.38. The molecule has 1 N–H and O–H groups in total. The summed E-state index contributed by atoms with van der Waals surface area (Å²) in [6.45, 7) is 0. The van der Waals surface area contributed by atoms with Crippen LogP contribution in [-0.2, 0) is 0 Å². The highest BCUT2D eigenvalue weighted by Gasteiger charge is 2.15. The molecule has 0 atom stereocenters. The standard InChI is InChI=1S/C13H6BrCl3FNO/c14-9-5-7(18)1-2-8(9)13(20)19-12-10(16)3-6(15)4-11(12)17/h1-5H,(H,19,20). The summed E-state index contributed by atoms with van der Waals surface area (Å²) in [6, 6.07) is 6.66. The van der Waals surface area contributed by atoms with E-state index in [1.54, 1.807) is 0 Å². The second kappa shape index (κ2) is 6.31. The lowest BCUT2D eigenvalue weighted by atomic mass is 10.2. The Morgan fingerprint density at radius 3 is 2.25 bits per heavy atom. The number of hydrogen-bond acceptors (Lipinski definition) is 1. The smallest absolute Gasteiger partial charge is 0.256 e. The maximum Gasteiger partial charge on any atom is 0.256 e. The van der Waals surface area contributed by atoms with E-state index >= 15 is 0 Å². The van der Waals surface area contributed by atoms with Gasteiger partial charge in [-0.3, -0.25) is 4.79 Å². The molecule has 20 heavy (non-hydrogen) atoms. The molecule has 0 spiro atoms. The second-order valence-electron chi connectivity index (χ2n) is 3.82. The van der Waals surface area contributed by atoms with Crippen LogP contribution in [0.3, 0.4) is 0 Å². The van der Waals surface area contributed by atoms with Crippen LogP contribution in [0.5, 0.6) is 0 Å². The molecule has 0 aliphatic carbocycles. The molecular weight excluding hydrogens is 391 g/mol. The van der Waals surface area contributed by atoms with Gasteiger partial charge < -0.3 is 5.32 Å². The van der Waals surface area contributed by atoms with E-state index in [1.165, 1.54) is 30.3 Å². The molecule has 0 saturated carbocycles. The summed E-state index contributed by atoms with van der Waals surface area (Å²) in [5.74, 6) is -0.918. The molecule has 0 aromatic heterocycles. The van der Waals surface area contributed by atoms with Crippen LogP contribution in [0, 0.1) is 5.82 Å². The van der Waals surface area contributed by atoms with Gasteiger partial charge in [-0.25, -0.2) is 4.39 Å². The van der Waals surface area contributed by atoms with Gasteiger partial charge in [0.1, 0.15) is 5.82 Å². The van der Waals surface area contributed by atoms with Gasteiger partial charge in [0.2, 0.25) is 0 Å². The third kappa shape index (κ3) is 3.44. The van der Waals surface area contributed by atoms with E-state index in [4.69, 9.17) is 34.8 Å². The van der Waals surface area contributed by atoms with Crippen molar-refractivity contribution in [3.8, 4) is 0 Å². The molecule has 0 aliphatic rings.